The third-order valence-electron chi connectivity index (χ3n) is 5.10. The monoisotopic (exact) mass is 260 g/mol. The van der Waals surface area contributed by atoms with Crippen LogP contribution in [0.1, 0.15) is 42.6 Å². The van der Waals surface area contributed by atoms with Gasteiger partial charge in [0.25, 0.3) is 0 Å². The number of aromatic nitrogens is 1. The third-order valence-corrected chi connectivity index (χ3v) is 5.10. The number of rotatable bonds is 3. The lowest BCUT2D eigenvalue weighted by Crippen LogP contribution is -2.55. The van der Waals surface area contributed by atoms with E-state index in [1.165, 1.54) is 31.2 Å². The van der Waals surface area contributed by atoms with Crippen molar-refractivity contribution in [3.05, 3.63) is 29.1 Å². The number of ether oxygens (including phenoxy) is 1. The molecule has 0 radical (unpaired) electrons. The lowest BCUT2D eigenvalue weighted by Gasteiger charge is -2.52. The topological polar surface area (TPSA) is 34.1 Å². The Hall–Kier alpha value is -0.930. The highest BCUT2D eigenvalue weighted by molar-refractivity contribution is 5.20. The van der Waals surface area contributed by atoms with E-state index in [0.29, 0.717) is 11.5 Å². The summed E-state index contributed by atoms with van der Waals surface area (Å²) in [6.07, 6.45) is 5.13. The first kappa shape index (κ1) is 13.1. The van der Waals surface area contributed by atoms with Crippen LogP contribution >= 0.6 is 0 Å². The molecule has 1 aliphatic heterocycles. The molecule has 3 nitrogen and oxygen atoms in total. The van der Waals surface area contributed by atoms with Crippen molar-refractivity contribution in [1.82, 2.24) is 10.3 Å². The Labute approximate surface area is 115 Å². The summed E-state index contributed by atoms with van der Waals surface area (Å²) >= 11 is 0. The second kappa shape index (κ2) is 5.22. The summed E-state index contributed by atoms with van der Waals surface area (Å²) in [7, 11) is 0. The van der Waals surface area contributed by atoms with Crippen molar-refractivity contribution in [3.63, 3.8) is 0 Å². The Balaban J connectivity index is 1.58. The van der Waals surface area contributed by atoms with Gasteiger partial charge in [0.2, 0.25) is 0 Å². The summed E-state index contributed by atoms with van der Waals surface area (Å²) in [5.74, 6) is 0. The normalized spacial score (nSPS) is 25.3. The first-order valence-corrected chi connectivity index (χ1v) is 7.44. The van der Waals surface area contributed by atoms with Gasteiger partial charge < -0.3 is 10.1 Å². The van der Waals surface area contributed by atoms with E-state index in [4.69, 9.17) is 4.74 Å². The highest BCUT2D eigenvalue weighted by Crippen LogP contribution is 2.48. The molecular weight excluding hydrogens is 236 g/mol. The van der Waals surface area contributed by atoms with Crippen molar-refractivity contribution in [3.8, 4) is 0 Å². The van der Waals surface area contributed by atoms with Crippen LogP contribution < -0.4 is 5.32 Å². The lowest BCUT2D eigenvalue weighted by molar-refractivity contribution is -0.0552. The van der Waals surface area contributed by atoms with Gasteiger partial charge in [0.05, 0.1) is 5.69 Å². The molecule has 1 aliphatic carbocycles. The summed E-state index contributed by atoms with van der Waals surface area (Å²) in [4.78, 5) is 4.65. The van der Waals surface area contributed by atoms with Gasteiger partial charge >= 0.3 is 0 Å². The predicted octanol–water partition coefficient (Wildman–Crippen LogP) is 2.75. The number of nitrogens with one attached hydrogen (secondary N) is 1. The summed E-state index contributed by atoms with van der Waals surface area (Å²) in [5, 5.41) is 3.72. The number of hydrogen-bond donors (Lipinski definition) is 1. The van der Waals surface area contributed by atoms with Gasteiger partial charge in [-0.05, 0) is 56.6 Å². The number of aryl methyl sites for hydroxylation is 2. The average Bonchev–Trinajstić information content (AvgIpc) is 2.43. The van der Waals surface area contributed by atoms with E-state index in [1.54, 1.807) is 0 Å². The van der Waals surface area contributed by atoms with E-state index in [1.807, 2.05) is 0 Å². The Morgan fingerprint density at radius 3 is 2.68 bits per heavy atom. The van der Waals surface area contributed by atoms with Gasteiger partial charge in [-0.1, -0.05) is 6.07 Å². The minimum Gasteiger partial charge on any atom is -0.381 e. The number of hydrogen-bond acceptors (Lipinski definition) is 3. The zero-order chi connectivity index (χ0) is 13.3. The van der Waals surface area contributed by atoms with Crippen LogP contribution in [0.25, 0.3) is 0 Å². The molecule has 3 heteroatoms. The summed E-state index contributed by atoms with van der Waals surface area (Å²) < 4.78 is 5.50. The second-order valence-electron chi connectivity index (χ2n) is 6.15. The molecule has 1 saturated heterocycles. The van der Waals surface area contributed by atoms with Crippen LogP contribution in [0.15, 0.2) is 12.1 Å². The van der Waals surface area contributed by atoms with E-state index < -0.39 is 0 Å². The molecule has 1 N–H and O–H groups in total. The molecule has 1 aromatic heterocycles. The fraction of sp³-hybridized carbons (Fsp3) is 0.688. The average molecular weight is 260 g/mol. The fourth-order valence-corrected chi connectivity index (χ4v) is 3.40. The van der Waals surface area contributed by atoms with Crippen LogP contribution in [0.4, 0.5) is 0 Å². The Morgan fingerprint density at radius 1 is 1.26 bits per heavy atom. The number of pyridine rings is 1. The summed E-state index contributed by atoms with van der Waals surface area (Å²) in [6, 6.07) is 4.98. The maximum atomic E-state index is 5.50. The SMILES string of the molecule is Cc1ccc(CNC2CCC23CCOCC3)nc1C. The van der Waals surface area contributed by atoms with Crippen molar-refractivity contribution in [1.29, 1.82) is 0 Å². The van der Waals surface area contributed by atoms with Crippen LogP contribution in [-0.2, 0) is 11.3 Å². The van der Waals surface area contributed by atoms with Crippen LogP contribution in [0.2, 0.25) is 0 Å². The molecule has 1 spiro atoms. The highest BCUT2D eigenvalue weighted by atomic mass is 16.5. The molecule has 104 valence electrons. The first-order valence-electron chi connectivity index (χ1n) is 7.44. The molecule has 0 bridgehead atoms. The molecule has 1 aromatic rings. The van der Waals surface area contributed by atoms with Gasteiger partial charge in [0, 0.05) is 31.5 Å². The molecule has 3 rings (SSSR count). The third kappa shape index (κ3) is 2.54. The van der Waals surface area contributed by atoms with Crippen molar-refractivity contribution < 1.29 is 4.74 Å². The van der Waals surface area contributed by atoms with Gasteiger partial charge in [0.1, 0.15) is 0 Å². The Bertz CT molecular complexity index is 452. The van der Waals surface area contributed by atoms with Gasteiger partial charge in [-0.3, -0.25) is 4.98 Å². The van der Waals surface area contributed by atoms with Crippen molar-refractivity contribution in [2.45, 2.75) is 52.1 Å². The second-order valence-corrected chi connectivity index (χ2v) is 6.15. The molecule has 0 amide bonds. The lowest BCUT2D eigenvalue weighted by atomic mass is 9.60. The minimum absolute atomic E-state index is 0.526. The summed E-state index contributed by atoms with van der Waals surface area (Å²) in [5.41, 5.74) is 4.11. The van der Waals surface area contributed by atoms with Crippen molar-refractivity contribution in [2.24, 2.45) is 5.41 Å². The van der Waals surface area contributed by atoms with Crippen molar-refractivity contribution >= 4 is 0 Å². The Morgan fingerprint density at radius 2 is 2.05 bits per heavy atom. The largest absolute Gasteiger partial charge is 0.381 e. The minimum atomic E-state index is 0.526. The molecule has 2 aliphatic rings. The van der Waals surface area contributed by atoms with Gasteiger partial charge in [-0.15, -0.1) is 0 Å². The standard InChI is InChI=1S/C16H24N2O/c1-12-3-4-14(18-13(12)2)11-17-15-5-6-16(15)7-9-19-10-8-16/h3-4,15,17H,5-11H2,1-2H3. The molecule has 1 atom stereocenters. The fourth-order valence-electron chi connectivity index (χ4n) is 3.40. The van der Waals surface area contributed by atoms with Crippen LogP contribution in [-0.4, -0.2) is 24.2 Å². The van der Waals surface area contributed by atoms with E-state index in [9.17, 15) is 0 Å². The van der Waals surface area contributed by atoms with Gasteiger partial charge in [0.15, 0.2) is 0 Å². The quantitative estimate of drug-likeness (QED) is 0.907. The maximum Gasteiger partial charge on any atom is 0.0545 e. The maximum absolute atomic E-state index is 5.50. The molecule has 0 aromatic carbocycles. The highest BCUT2D eigenvalue weighted by Gasteiger charge is 2.46. The zero-order valence-corrected chi connectivity index (χ0v) is 12.0. The number of nitrogens with zero attached hydrogens (tertiary/aromatic N) is 1. The predicted molar refractivity (Wildman–Crippen MR) is 76.1 cm³/mol. The molecule has 2 heterocycles. The van der Waals surface area contributed by atoms with Gasteiger partial charge in [-0.25, -0.2) is 0 Å². The van der Waals surface area contributed by atoms with E-state index in [0.717, 1.165) is 31.1 Å². The van der Waals surface area contributed by atoms with Crippen LogP contribution in [0.3, 0.4) is 0 Å². The van der Waals surface area contributed by atoms with Gasteiger partial charge in [-0.2, -0.15) is 0 Å². The van der Waals surface area contributed by atoms with Crippen LogP contribution in [0.5, 0.6) is 0 Å². The first-order chi connectivity index (χ1) is 9.20. The molecular formula is C16H24N2O. The zero-order valence-electron chi connectivity index (χ0n) is 12.0. The smallest absolute Gasteiger partial charge is 0.0545 e. The van der Waals surface area contributed by atoms with E-state index in [-0.39, 0.29) is 0 Å². The van der Waals surface area contributed by atoms with E-state index in [2.05, 4.69) is 36.3 Å². The molecule has 2 fully saturated rings. The van der Waals surface area contributed by atoms with E-state index >= 15 is 0 Å². The molecule has 1 saturated carbocycles. The Kier molecular flexibility index (Phi) is 3.59. The summed E-state index contributed by atoms with van der Waals surface area (Å²) in [6.45, 7) is 6.99. The van der Waals surface area contributed by atoms with Crippen molar-refractivity contribution in [2.75, 3.05) is 13.2 Å². The molecule has 1 unspecified atom stereocenters. The molecule has 19 heavy (non-hydrogen) atoms. The van der Waals surface area contributed by atoms with Crippen LogP contribution in [0, 0.1) is 19.3 Å².